The first-order valence-electron chi connectivity index (χ1n) is 5.61. The quantitative estimate of drug-likeness (QED) is 0.695. The number of rotatable bonds is 5. The maximum absolute atomic E-state index is 11.3. The van der Waals surface area contributed by atoms with Crippen molar-refractivity contribution >= 4 is 12.0 Å². The minimum Gasteiger partial charge on any atom is -0.501 e. The average Bonchev–Trinajstić information content (AvgIpc) is 2.39. The van der Waals surface area contributed by atoms with E-state index in [4.69, 9.17) is 10.5 Å². The summed E-state index contributed by atoms with van der Waals surface area (Å²) >= 11 is 0. The lowest BCUT2D eigenvalue weighted by Gasteiger charge is -2.09. The van der Waals surface area contributed by atoms with Gasteiger partial charge in [0.25, 0.3) is 5.88 Å². The molecule has 0 unspecified atom stereocenters. The van der Waals surface area contributed by atoms with Crippen LogP contribution in [0.25, 0.3) is 0 Å². The molecule has 0 aliphatic carbocycles. The van der Waals surface area contributed by atoms with Gasteiger partial charge >= 0.3 is 6.09 Å². The van der Waals surface area contributed by atoms with Gasteiger partial charge in [0.1, 0.15) is 0 Å². The van der Waals surface area contributed by atoms with Crippen LogP contribution < -0.4 is 20.5 Å². The summed E-state index contributed by atoms with van der Waals surface area (Å²) in [5.74, 6) is -1.32. The highest BCUT2D eigenvalue weighted by Gasteiger charge is 2.16. The first-order valence-corrected chi connectivity index (χ1v) is 5.61. The maximum atomic E-state index is 11.3. The third kappa shape index (κ3) is 4.43. The van der Waals surface area contributed by atoms with Crippen LogP contribution in [0.3, 0.4) is 0 Å². The van der Waals surface area contributed by atoms with Gasteiger partial charge in [0, 0.05) is 12.3 Å². The van der Waals surface area contributed by atoms with Crippen molar-refractivity contribution in [1.29, 1.82) is 0 Å². The predicted octanol–water partition coefficient (Wildman–Crippen LogP) is 0.150. The number of hydrogen-bond acceptors (Lipinski definition) is 7. The van der Waals surface area contributed by atoms with Crippen molar-refractivity contribution in [2.75, 3.05) is 13.2 Å². The van der Waals surface area contributed by atoms with Crippen molar-refractivity contribution in [1.82, 2.24) is 10.3 Å². The van der Waals surface area contributed by atoms with Crippen LogP contribution in [0.15, 0.2) is 12.3 Å². The maximum Gasteiger partial charge on any atom is 0.420 e. The Morgan fingerprint density at radius 2 is 2.26 bits per heavy atom. The molecule has 0 bridgehead atoms. The van der Waals surface area contributed by atoms with Crippen LogP contribution in [0.5, 0.6) is 17.4 Å². The van der Waals surface area contributed by atoms with Crippen molar-refractivity contribution in [3.8, 4) is 17.4 Å². The zero-order valence-corrected chi connectivity index (χ0v) is 10.4. The van der Waals surface area contributed by atoms with Gasteiger partial charge in [-0.15, -0.1) is 0 Å². The third-order valence-corrected chi connectivity index (χ3v) is 1.93. The highest BCUT2D eigenvalue weighted by Crippen LogP contribution is 2.33. The molecule has 8 heteroatoms. The minimum atomic E-state index is -1.08. The molecule has 19 heavy (non-hydrogen) atoms. The van der Waals surface area contributed by atoms with Gasteiger partial charge in [-0.2, -0.15) is 0 Å². The standard InChI is InChI=1S/C11H15N3O5/c1-2-5-18-7-3-4-13-10(9(7)16)19-11(17)14-8(15)6-12/h3-4,16H,2,5-6,12H2,1H3,(H,14,15,17). The zero-order chi connectivity index (χ0) is 14.3. The molecule has 0 aliphatic heterocycles. The molecule has 8 nitrogen and oxygen atoms in total. The summed E-state index contributed by atoms with van der Waals surface area (Å²) in [6.45, 7) is 1.95. The molecule has 2 amide bonds. The number of nitrogens with one attached hydrogen (secondary N) is 1. The van der Waals surface area contributed by atoms with E-state index in [1.165, 1.54) is 12.3 Å². The second-order valence-electron chi connectivity index (χ2n) is 3.45. The van der Waals surface area contributed by atoms with Gasteiger partial charge in [-0.25, -0.2) is 9.78 Å². The average molecular weight is 269 g/mol. The smallest absolute Gasteiger partial charge is 0.420 e. The number of hydrogen-bond donors (Lipinski definition) is 3. The molecule has 0 saturated heterocycles. The van der Waals surface area contributed by atoms with Crippen molar-refractivity contribution in [3.63, 3.8) is 0 Å². The Bertz CT molecular complexity index is 464. The number of aromatic hydroxyl groups is 1. The summed E-state index contributed by atoms with van der Waals surface area (Å²) in [7, 11) is 0. The molecule has 0 aromatic carbocycles. The fourth-order valence-corrected chi connectivity index (χ4v) is 1.10. The van der Waals surface area contributed by atoms with E-state index in [0.717, 1.165) is 6.42 Å². The molecule has 0 spiro atoms. The second kappa shape index (κ2) is 7.17. The summed E-state index contributed by atoms with van der Waals surface area (Å²) in [5.41, 5.74) is 5.02. The highest BCUT2D eigenvalue weighted by molar-refractivity contribution is 5.93. The topological polar surface area (TPSA) is 124 Å². The monoisotopic (exact) mass is 269 g/mol. The summed E-state index contributed by atoms with van der Waals surface area (Å²) in [4.78, 5) is 25.8. The molecule has 1 aromatic rings. The van der Waals surface area contributed by atoms with Gasteiger partial charge in [-0.3, -0.25) is 10.1 Å². The Morgan fingerprint density at radius 3 is 2.89 bits per heavy atom. The van der Waals surface area contributed by atoms with Gasteiger partial charge in [0.05, 0.1) is 13.2 Å². The first-order chi connectivity index (χ1) is 9.08. The number of imide groups is 1. The Kier molecular flexibility index (Phi) is 5.55. The van der Waals surface area contributed by atoms with Gasteiger partial charge < -0.3 is 20.3 Å². The van der Waals surface area contributed by atoms with E-state index >= 15 is 0 Å². The number of nitrogens with two attached hydrogens (primary N) is 1. The lowest BCUT2D eigenvalue weighted by atomic mass is 10.4. The van der Waals surface area contributed by atoms with Crippen LogP contribution in [0.4, 0.5) is 4.79 Å². The van der Waals surface area contributed by atoms with E-state index in [1.807, 2.05) is 12.2 Å². The molecule has 104 valence electrons. The fraction of sp³-hybridized carbons (Fsp3) is 0.364. The largest absolute Gasteiger partial charge is 0.501 e. The second-order valence-corrected chi connectivity index (χ2v) is 3.45. The van der Waals surface area contributed by atoms with E-state index in [0.29, 0.717) is 6.61 Å². The molecule has 1 heterocycles. The van der Waals surface area contributed by atoms with Crippen LogP contribution in [-0.2, 0) is 4.79 Å². The van der Waals surface area contributed by atoms with E-state index in [2.05, 4.69) is 9.72 Å². The van der Waals surface area contributed by atoms with E-state index in [-0.39, 0.29) is 18.2 Å². The van der Waals surface area contributed by atoms with Gasteiger partial charge in [0.15, 0.2) is 5.75 Å². The van der Waals surface area contributed by atoms with Crippen LogP contribution in [-0.4, -0.2) is 35.2 Å². The lowest BCUT2D eigenvalue weighted by Crippen LogP contribution is -2.37. The normalized spacial score (nSPS) is 9.79. The number of ether oxygens (including phenoxy) is 2. The van der Waals surface area contributed by atoms with Crippen molar-refractivity contribution < 1.29 is 24.2 Å². The lowest BCUT2D eigenvalue weighted by molar-refractivity contribution is -0.118. The zero-order valence-electron chi connectivity index (χ0n) is 10.4. The Morgan fingerprint density at radius 1 is 1.53 bits per heavy atom. The molecule has 1 rings (SSSR count). The molecule has 0 saturated carbocycles. The number of amides is 2. The summed E-state index contributed by atoms with van der Waals surface area (Å²) in [6.07, 6.45) is 0.979. The predicted molar refractivity (Wildman–Crippen MR) is 64.9 cm³/mol. The summed E-state index contributed by atoms with van der Waals surface area (Å²) in [5, 5.41) is 11.6. The van der Waals surface area contributed by atoms with Crippen molar-refractivity contribution in [3.05, 3.63) is 12.3 Å². The number of carbonyl (C=O) groups is 2. The number of carbonyl (C=O) groups excluding carboxylic acids is 2. The Hall–Kier alpha value is -2.35. The van der Waals surface area contributed by atoms with Crippen molar-refractivity contribution in [2.24, 2.45) is 5.73 Å². The fourth-order valence-electron chi connectivity index (χ4n) is 1.10. The van der Waals surface area contributed by atoms with Gasteiger partial charge in [-0.1, -0.05) is 6.92 Å². The molecule has 0 atom stereocenters. The molecule has 1 aromatic heterocycles. The highest BCUT2D eigenvalue weighted by atomic mass is 16.6. The van der Waals surface area contributed by atoms with E-state index in [9.17, 15) is 14.7 Å². The van der Waals surface area contributed by atoms with Crippen LogP contribution in [0.1, 0.15) is 13.3 Å². The molecular weight excluding hydrogens is 254 g/mol. The van der Waals surface area contributed by atoms with Crippen molar-refractivity contribution in [2.45, 2.75) is 13.3 Å². The molecule has 0 fully saturated rings. The molecule has 0 aliphatic rings. The molecule has 0 radical (unpaired) electrons. The third-order valence-electron chi connectivity index (χ3n) is 1.93. The Labute approximate surface area is 109 Å². The Balaban J connectivity index is 2.73. The summed E-state index contributed by atoms with van der Waals surface area (Å²) in [6, 6.07) is 1.43. The molecular formula is C11H15N3O5. The summed E-state index contributed by atoms with van der Waals surface area (Å²) < 4.78 is 9.89. The number of nitrogens with zero attached hydrogens (tertiary/aromatic N) is 1. The van der Waals surface area contributed by atoms with Gasteiger partial charge in [0.2, 0.25) is 11.7 Å². The number of aromatic nitrogens is 1. The SMILES string of the molecule is CCCOc1ccnc(OC(=O)NC(=O)CN)c1O. The first kappa shape index (κ1) is 14.7. The van der Waals surface area contributed by atoms with E-state index in [1.54, 1.807) is 0 Å². The van der Waals surface area contributed by atoms with Crippen LogP contribution >= 0.6 is 0 Å². The number of pyridine rings is 1. The van der Waals surface area contributed by atoms with Gasteiger partial charge in [-0.05, 0) is 6.42 Å². The molecule has 4 N–H and O–H groups in total. The van der Waals surface area contributed by atoms with Crippen LogP contribution in [0, 0.1) is 0 Å². The minimum absolute atomic E-state index is 0.143. The van der Waals surface area contributed by atoms with E-state index < -0.39 is 17.7 Å². The van der Waals surface area contributed by atoms with Crippen LogP contribution in [0.2, 0.25) is 0 Å².